The Hall–Kier alpha value is -3.57. The van der Waals surface area contributed by atoms with Crippen molar-refractivity contribution in [1.82, 2.24) is 9.97 Å². The second kappa shape index (κ2) is 9.76. The first-order chi connectivity index (χ1) is 14.3. The van der Waals surface area contributed by atoms with Crippen LogP contribution in [0.5, 0.6) is 11.5 Å². The Kier molecular flexibility index (Phi) is 6.88. The van der Waals surface area contributed by atoms with Crippen molar-refractivity contribution in [3.63, 3.8) is 0 Å². The summed E-state index contributed by atoms with van der Waals surface area (Å²) in [4.78, 5) is 8.74. The summed E-state index contributed by atoms with van der Waals surface area (Å²) in [6.45, 7) is 0. The van der Waals surface area contributed by atoms with Crippen LogP contribution < -0.4 is 14.8 Å². The third-order valence-electron chi connectivity index (χ3n) is 4.58. The van der Waals surface area contributed by atoms with E-state index in [1.54, 1.807) is 14.2 Å². The van der Waals surface area contributed by atoms with Crippen LogP contribution in [0.3, 0.4) is 0 Å². The fourth-order valence-corrected chi connectivity index (χ4v) is 3.05. The highest BCUT2D eigenvalue weighted by Gasteiger charge is 2.11. The molecule has 1 N–H and O–H groups in total. The number of benzene rings is 3. The number of rotatable bonds is 6. The highest BCUT2D eigenvalue weighted by molar-refractivity contribution is 5.93. The molecule has 0 amide bonds. The summed E-state index contributed by atoms with van der Waals surface area (Å²) >= 11 is 0. The fraction of sp³-hybridized carbons (Fsp3) is 0.0833. The van der Waals surface area contributed by atoms with Crippen molar-refractivity contribution in [2.75, 3.05) is 19.5 Å². The average Bonchev–Trinajstić information content (AvgIpc) is 2.78. The van der Waals surface area contributed by atoms with Gasteiger partial charge in [0.25, 0.3) is 0 Å². The van der Waals surface area contributed by atoms with Gasteiger partial charge in [-0.05, 0) is 29.3 Å². The van der Waals surface area contributed by atoms with E-state index >= 15 is 0 Å². The number of aromatic nitrogens is 2. The van der Waals surface area contributed by atoms with Crippen molar-refractivity contribution in [3.05, 3.63) is 84.2 Å². The normalized spacial score (nSPS) is 10.6. The predicted molar refractivity (Wildman–Crippen MR) is 125 cm³/mol. The standard InChI is InChI=1S/C24H21N3O2.ClH/c1-28-22-14-20-21(15-23(22)29-2)25-16-26-24(20)27-19-12-10-18(11-13-19)9-8-17-6-4-3-5-7-17;/h3-16H,1-2H3,(H,25,26,27);1H. The highest BCUT2D eigenvalue weighted by atomic mass is 35.5. The van der Waals surface area contributed by atoms with Crippen LogP contribution in [0.15, 0.2) is 73.1 Å². The quantitative estimate of drug-likeness (QED) is 0.389. The van der Waals surface area contributed by atoms with Crippen molar-refractivity contribution >= 4 is 47.0 Å². The maximum atomic E-state index is 5.41. The maximum absolute atomic E-state index is 5.41. The Labute approximate surface area is 181 Å². The minimum absolute atomic E-state index is 0. The lowest BCUT2D eigenvalue weighted by Gasteiger charge is -2.12. The molecule has 30 heavy (non-hydrogen) atoms. The molecule has 4 rings (SSSR count). The van der Waals surface area contributed by atoms with Gasteiger partial charge < -0.3 is 14.8 Å². The molecular formula is C24H22ClN3O2. The van der Waals surface area contributed by atoms with Gasteiger partial charge in [0, 0.05) is 17.1 Å². The Morgan fingerprint density at radius 2 is 1.40 bits per heavy atom. The van der Waals surface area contributed by atoms with E-state index in [4.69, 9.17) is 9.47 Å². The second-order valence-corrected chi connectivity index (χ2v) is 6.44. The van der Waals surface area contributed by atoms with Crippen LogP contribution in [0, 0.1) is 0 Å². The molecule has 0 aliphatic heterocycles. The molecule has 5 nitrogen and oxygen atoms in total. The number of hydrogen-bond acceptors (Lipinski definition) is 5. The summed E-state index contributed by atoms with van der Waals surface area (Å²) in [5, 5.41) is 4.22. The van der Waals surface area contributed by atoms with Gasteiger partial charge in [-0.25, -0.2) is 9.97 Å². The average molecular weight is 420 g/mol. The van der Waals surface area contributed by atoms with Gasteiger partial charge in [0.05, 0.1) is 19.7 Å². The highest BCUT2D eigenvalue weighted by Crippen LogP contribution is 2.34. The van der Waals surface area contributed by atoms with Crippen LogP contribution in [-0.2, 0) is 0 Å². The van der Waals surface area contributed by atoms with E-state index in [1.807, 2.05) is 42.5 Å². The van der Waals surface area contributed by atoms with Crippen LogP contribution in [0.1, 0.15) is 11.1 Å². The monoisotopic (exact) mass is 419 g/mol. The minimum atomic E-state index is 0. The first-order valence-corrected chi connectivity index (χ1v) is 9.24. The molecular weight excluding hydrogens is 398 g/mol. The van der Waals surface area contributed by atoms with Gasteiger partial charge >= 0.3 is 0 Å². The summed E-state index contributed by atoms with van der Waals surface area (Å²) in [5.74, 6) is 1.99. The summed E-state index contributed by atoms with van der Waals surface area (Å²) in [5.41, 5.74) is 4.02. The molecule has 0 fully saturated rings. The second-order valence-electron chi connectivity index (χ2n) is 6.44. The number of methoxy groups -OCH3 is 2. The molecule has 0 saturated heterocycles. The first kappa shape index (κ1) is 21.1. The third kappa shape index (κ3) is 4.70. The minimum Gasteiger partial charge on any atom is -0.493 e. The van der Waals surface area contributed by atoms with E-state index in [0.29, 0.717) is 17.3 Å². The van der Waals surface area contributed by atoms with E-state index in [9.17, 15) is 0 Å². The number of halogens is 1. The zero-order valence-electron chi connectivity index (χ0n) is 16.7. The molecule has 0 aliphatic rings. The molecule has 0 radical (unpaired) electrons. The number of anilines is 2. The van der Waals surface area contributed by atoms with Gasteiger partial charge in [-0.1, -0.05) is 54.6 Å². The zero-order valence-corrected chi connectivity index (χ0v) is 17.5. The summed E-state index contributed by atoms with van der Waals surface area (Å²) in [7, 11) is 3.22. The van der Waals surface area contributed by atoms with E-state index < -0.39 is 0 Å². The smallest absolute Gasteiger partial charge is 0.162 e. The van der Waals surface area contributed by atoms with Crippen LogP contribution in [-0.4, -0.2) is 24.2 Å². The lowest BCUT2D eigenvalue weighted by Crippen LogP contribution is -1.98. The van der Waals surface area contributed by atoms with Crippen LogP contribution in [0.2, 0.25) is 0 Å². The number of nitrogens with one attached hydrogen (secondary N) is 1. The number of ether oxygens (including phenoxy) is 2. The van der Waals surface area contributed by atoms with Crippen LogP contribution in [0.4, 0.5) is 11.5 Å². The zero-order chi connectivity index (χ0) is 20.1. The lowest BCUT2D eigenvalue weighted by molar-refractivity contribution is 0.356. The topological polar surface area (TPSA) is 56.3 Å². The molecule has 0 spiro atoms. The van der Waals surface area contributed by atoms with Crippen molar-refractivity contribution in [2.24, 2.45) is 0 Å². The van der Waals surface area contributed by atoms with Gasteiger partial charge in [-0.15, -0.1) is 12.4 Å². The molecule has 1 heterocycles. The maximum Gasteiger partial charge on any atom is 0.162 e. The number of hydrogen-bond donors (Lipinski definition) is 1. The summed E-state index contributed by atoms with van der Waals surface area (Å²) in [6, 6.07) is 22.1. The SMILES string of the molecule is COc1cc2ncnc(Nc3ccc(C=Cc4ccccc4)cc3)c2cc1OC.Cl. The Bertz CT molecular complexity index is 1150. The molecule has 152 valence electrons. The largest absolute Gasteiger partial charge is 0.493 e. The van der Waals surface area contributed by atoms with E-state index in [1.165, 1.54) is 11.9 Å². The van der Waals surface area contributed by atoms with E-state index in [0.717, 1.165) is 22.2 Å². The summed E-state index contributed by atoms with van der Waals surface area (Å²) < 4.78 is 10.8. The fourth-order valence-electron chi connectivity index (χ4n) is 3.05. The molecule has 0 unspecified atom stereocenters. The number of nitrogens with zero attached hydrogens (tertiary/aromatic N) is 2. The van der Waals surface area contributed by atoms with Crippen LogP contribution >= 0.6 is 12.4 Å². The molecule has 3 aromatic carbocycles. The third-order valence-corrected chi connectivity index (χ3v) is 4.58. The van der Waals surface area contributed by atoms with E-state index in [-0.39, 0.29) is 12.4 Å². The Morgan fingerprint density at radius 3 is 2.07 bits per heavy atom. The van der Waals surface area contributed by atoms with Crippen molar-refractivity contribution < 1.29 is 9.47 Å². The Morgan fingerprint density at radius 1 is 0.767 bits per heavy atom. The molecule has 6 heteroatoms. The number of fused-ring (bicyclic) bond motifs is 1. The summed E-state index contributed by atoms with van der Waals surface area (Å²) in [6.07, 6.45) is 5.73. The molecule has 0 atom stereocenters. The van der Waals surface area contributed by atoms with Crippen molar-refractivity contribution in [2.45, 2.75) is 0 Å². The molecule has 1 aromatic heterocycles. The molecule has 0 bridgehead atoms. The Balaban J connectivity index is 0.00000256. The first-order valence-electron chi connectivity index (χ1n) is 9.24. The molecule has 0 saturated carbocycles. The van der Waals surface area contributed by atoms with Crippen LogP contribution in [0.25, 0.3) is 23.1 Å². The van der Waals surface area contributed by atoms with Gasteiger partial charge in [-0.2, -0.15) is 0 Å². The van der Waals surface area contributed by atoms with Crippen molar-refractivity contribution in [3.8, 4) is 11.5 Å². The van der Waals surface area contributed by atoms with Crippen molar-refractivity contribution in [1.29, 1.82) is 0 Å². The van der Waals surface area contributed by atoms with Gasteiger partial charge in [-0.3, -0.25) is 0 Å². The molecule has 4 aromatic rings. The van der Waals surface area contributed by atoms with Gasteiger partial charge in [0.2, 0.25) is 0 Å². The van der Waals surface area contributed by atoms with Gasteiger partial charge in [0.15, 0.2) is 11.5 Å². The van der Waals surface area contributed by atoms with Gasteiger partial charge in [0.1, 0.15) is 12.1 Å². The molecule has 0 aliphatic carbocycles. The lowest BCUT2D eigenvalue weighted by atomic mass is 10.1. The predicted octanol–water partition coefficient (Wildman–Crippen LogP) is 5.98. The van der Waals surface area contributed by atoms with E-state index in [2.05, 4.69) is 51.7 Å².